The van der Waals surface area contributed by atoms with Crippen LogP contribution in [0.2, 0.25) is 0 Å². The zero-order valence-corrected chi connectivity index (χ0v) is 14.1. The van der Waals surface area contributed by atoms with E-state index in [-0.39, 0.29) is 0 Å². The summed E-state index contributed by atoms with van der Waals surface area (Å²) >= 11 is 3.44. The molecular formula is C16H20BrN3O2. The first kappa shape index (κ1) is 16.7. The van der Waals surface area contributed by atoms with Crippen molar-refractivity contribution in [3.8, 4) is 11.3 Å². The molecule has 3 N–H and O–H groups in total. The third kappa shape index (κ3) is 4.68. The lowest BCUT2D eigenvalue weighted by Gasteiger charge is -2.12. The van der Waals surface area contributed by atoms with Crippen molar-refractivity contribution in [2.45, 2.75) is 38.8 Å². The number of halogens is 1. The van der Waals surface area contributed by atoms with Gasteiger partial charge in [-0.05, 0) is 18.6 Å². The molecule has 0 spiro atoms. The normalized spacial score (nSPS) is 12.3. The van der Waals surface area contributed by atoms with Gasteiger partial charge in [-0.25, -0.2) is 4.98 Å². The maximum Gasteiger partial charge on any atom is 0.320 e. The number of unbranched alkanes of at least 4 members (excludes halogenated alkanes) is 1. The Morgan fingerprint density at radius 1 is 1.50 bits per heavy atom. The molecule has 1 aromatic carbocycles. The first-order valence-electron chi connectivity index (χ1n) is 7.36. The molecule has 1 atom stereocenters. The number of benzene rings is 1. The summed E-state index contributed by atoms with van der Waals surface area (Å²) in [7, 11) is 0. The average molecular weight is 366 g/mol. The summed E-state index contributed by atoms with van der Waals surface area (Å²) in [5.41, 5.74) is 1.95. The van der Waals surface area contributed by atoms with Crippen molar-refractivity contribution in [2.75, 3.05) is 0 Å². The molecule has 6 heteroatoms. The highest BCUT2D eigenvalue weighted by molar-refractivity contribution is 9.10. The number of nitrogens with one attached hydrogen (secondary N) is 2. The molecule has 2 rings (SSSR count). The summed E-state index contributed by atoms with van der Waals surface area (Å²) in [4.78, 5) is 18.7. The molecule has 22 heavy (non-hydrogen) atoms. The van der Waals surface area contributed by atoms with Crippen LogP contribution in [0.25, 0.3) is 11.3 Å². The molecule has 0 amide bonds. The zero-order chi connectivity index (χ0) is 15.9. The van der Waals surface area contributed by atoms with Crippen molar-refractivity contribution in [1.82, 2.24) is 15.3 Å². The number of H-pyrrole nitrogens is 1. The third-order valence-corrected chi connectivity index (χ3v) is 3.92. The van der Waals surface area contributed by atoms with Crippen molar-refractivity contribution >= 4 is 21.9 Å². The van der Waals surface area contributed by atoms with Crippen LogP contribution in [0.1, 0.15) is 32.0 Å². The minimum atomic E-state index is -0.813. The van der Waals surface area contributed by atoms with Gasteiger partial charge in [0.05, 0.1) is 18.4 Å². The van der Waals surface area contributed by atoms with Gasteiger partial charge in [0.1, 0.15) is 11.9 Å². The quantitative estimate of drug-likeness (QED) is 0.668. The van der Waals surface area contributed by atoms with Gasteiger partial charge in [0.25, 0.3) is 0 Å². The van der Waals surface area contributed by atoms with Gasteiger partial charge in [-0.1, -0.05) is 47.8 Å². The van der Waals surface area contributed by atoms with Crippen LogP contribution in [-0.2, 0) is 11.3 Å². The second-order valence-electron chi connectivity index (χ2n) is 5.17. The van der Waals surface area contributed by atoms with Crippen molar-refractivity contribution in [3.63, 3.8) is 0 Å². The van der Waals surface area contributed by atoms with Crippen LogP contribution >= 0.6 is 15.9 Å². The molecule has 0 aliphatic heterocycles. The number of aromatic nitrogens is 2. The van der Waals surface area contributed by atoms with Crippen molar-refractivity contribution in [2.24, 2.45) is 0 Å². The number of carboxylic acid groups (broad SMARTS) is 1. The van der Waals surface area contributed by atoms with Crippen LogP contribution in [0.15, 0.2) is 34.9 Å². The maximum absolute atomic E-state index is 11.2. The molecule has 0 saturated heterocycles. The molecule has 0 aliphatic rings. The summed E-state index contributed by atoms with van der Waals surface area (Å²) in [6, 6.07) is 7.40. The fourth-order valence-electron chi connectivity index (χ4n) is 2.20. The predicted octanol–water partition coefficient (Wildman–Crippen LogP) is 3.57. The Morgan fingerprint density at radius 3 is 3.00 bits per heavy atom. The minimum Gasteiger partial charge on any atom is -0.480 e. The first-order chi connectivity index (χ1) is 10.6. The monoisotopic (exact) mass is 365 g/mol. The molecule has 0 bridgehead atoms. The number of aliphatic carboxylic acids is 1. The van der Waals surface area contributed by atoms with Gasteiger partial charge in [-0.2, -0.15) is 0 Å². The number of aromatic amines is 1. The Labute approximate surface area is 138 Å². The SMILES string of the molecule is CCCCC(NCc1ncc(-c2cccc(Br)c2)[nH]1)C(=O)O. The smallest absolute Gasteiger partial charge is 0.320 e. The van der Waals surface area contributed by atoms with Crippen LogP contribution in [0.4, 0.5) is 0 Å². The second-order valence-corrected chi connectivity index (χ2v) is 6.08. The number of rotatable bonds is 8. The highest BCUT2D eigenvalue weighted by Gasteiger charge is 2.16. The Hall–Kier alpha value is -1.66. The van der Waals surface area contributed by atoms with E-state index in [2.05, 4.69) is 38.1 Å². The number of imidazole rings is 1. The second kappa shape index (κ2) is 8.10. The molecule has 1 heterocycles. The molecule has 5 nitrogen and oxygen atoms in total. The number of nitrogens with zero attached hydrogens (tertiary/aromatic N) is 1. The lowest BCUT2D eigenvalue weighted by atomic mass is 10.1. The summed E-state index contributed by atoms with van der Waals surface area (Å²) in [5, 5.41) is 12.2. The van der Waals surface area contributed by atoms with Gasteiger partial charge in [0, 0.05) is 10.0 Å². The van der Waals surface area contributed by atoms with Crippen molar-refractivity contribution in [3.05, 3.63) is 40.8 Å². The van der Waals surface area contributed by atoms with Crippen LogP contribution in [0, 0.1) is 0 Å². The van der Waals surface area contributed by atoms with Crippen molar-refractivity contribution < 1.29 is 9.90 Å². The van der Waals surface area contributed by atoms with Gasteiger partial charge in [-0.15, -0.1) is 0 Å². The van der Waals surface area contributed by atoms with Crippen molar-refractivity contribution in [1.29, 1.82) is 0 Å². The predicted molar refractivity (Wildman–Crippen MR) is 89.5 cm³/mol. The van der Waals surface area contributed by atoms with E-state index >= 15 is 0 Å². The van der Waals surface area contributed by atoms with E-state index in [0.717, 1.165) is 34.4 Å². The van der Waals surface area contributed by atoms with E-state index in [1.165, 1.54) is 0 Å². The number of hydrogen-bond acceptors (Lipinski definition) is 3. The molecule has 1 unspecified atom stereocenters. The maximum atomic E-state index is 11.2. The highest BCUT2D eigenvalue weighted by Crippen LogP contribution is 2.21. The minimum absolute atomic E-state index is 0.411. The summed E-state index contributed by atoms with van der Waals surface area (Å²) in [5.74, 6) is -0.0788. The van der Waals surface area contributed by atoms with E-state index < -0.39 is 12.0 Å². The van der Waals surface area contributed by atoms with E-state index in [1.807, 2.05) is 24.3 Å². The number of carbonyl (C=O) groups is 1. The van der Waals surface area contributed by atoms with E-state index in [1.54, 1.807) is 6.20 Å². The molecule has 118 valence electrons. The highest BCUT2D eigenvalue weighted by atomic mass is 79.9. The van der Waals surface area contributed by atoms with Crippen LogP contribution in [-0.4, -0.2) is 27.1 Å². The lowest BCUT2D eigenvalue weighted by molar-refractivity contribution is -0.139. The zero-order valence-electron chi connectivity index (χ0n) is 12.5. The molecule has 0 fully saturated rings. The fraction of sp³-hybridized carbons (Fsp3) is 0.375. The Balaban J connectivity index is 1.98. The summed E-state index contributed by atoms with van der Waals surface area (Å²) in [6.45, 7) is 2.46. The molecule has 2 aromatic rings. The molecule has 0 saturated carbocycles. The molecule has 0 aliphatic carbocycles. The van der Waals surface area contributed by atoms with E-state index in [0.29, 0.717) is 13.0 Å². The van der Waals surface area contributed by atoms with Crippen LogP contribution in [0.5, 0.6) is 0 Å². The first-order valence-corrected chi connectivity index (χ1v) is 8.15. The average Bonchev–Trinajstić information content (AvgIpc) is 2.96. The van der Waals surface area contributed by atoms with Gasteiger partial charge in [0.2, 0.25) is 0 Å². The van der Waals surface area contributed by atoms with Gasteiger partial charge < -0.3 is 10.1 Å². The van der Waals surface area contributed by atoms with E-state index in [4.69, 9.17) is 0 Å². The van der Waals surface area contributed by atoms with E-state index in [9.17, 15) is 9.90 Å². The molecule has 0 radical (unpaired) electrons. The number of hydrogen-bond donors (Lipinski definition) is 3. The number of carboxylic acids is 1. The van der Waals surface area contributed by atoms with Gasteiger partial charge in [-0.3, -0.25) is 10.1 Å². The third-order valence-electron chi connectivity index (χ3n) is 3.42. The van der Waals surface area contributed by atoms with Gasteiger partial charge in [0.15, 0.2) is 0 Å². The lowest BCUT2D eigenvalue weighted by Crippen LogP contribution is -2.36. The van der Waals surface area contributed by atoms with Gasteiger partial charge >= 0.3 is 5.97 Å². The standard InChI is InChI=1S/C16H20BrN3O2/c1-2-3-7-13(16(21)22)18-10-15-19-9-14(20-15)11-5-4-6-12(17)8-11/h4-6,8-9,13,18H,2-3,7,10H2,1H3,(H,19,20)(H,21,22). The topological polar surface area (TPSA) is 78.0 Å². The van der Waals surface area contributed by atoms with Crippen LogP contribution in [0.3, 0.4) is 0 Å². The molecular weight excluding hydrogens is 346 g/mol. The summed E-state index contributed by atoms with van der Waals surface area (Å²) < 4.78 is 1.00. The Bertz CT molecular complexity index is 627. The summed E-state index contributed by atoms with van der Waals surface area (Å²) in [6.07, 6.45) is 4.27. The Kier molecular flexibility index (Phi) is 6.15. The Morgan fingerprint density at radius 2 is 2.32 bits per heavy atom. The molecule has 1 aromatic heterocycles. The van der Waals surface area contributed by atoms with Crippen LogP contribution < -0.4 is 5.32 Å². The largest absolute Gasteiger partial charge is 0.480 e. The fourth-order valence-corrected chi connectivity index (χ4v) is 2.60.